The largest absolute Gasteiger partial charge is 0.374 e. The molecule has 2 aliphatic heterocycles. The minimum Gasteiger partial charge on any atom is -0.374 e. The Morgan fingerprint density at radius 3 is 3.05 bits per heavy atom. The Morgan fingerprint density at radius 2 is 2.29 bits per heavy atom. The van der Waals surface area contributed by atoms with Crippen molar-refractivity contribution in [1.29, 1.82) is 0 Å². The zero-order chi connectivity index (χ0) is 14.5. The number of rotatable bonds is 6. The van der Waals surface area contributed by atoms with Crippen LogP contribution in [0, 0.1) is 0 Å². The van der Waals surface area contributed by atoms with Crippen molar-refractivity contribution in [3.8, 4) is 0 Å². The van der Waals surface area contributed by atoms with Crippen molar-refractivity contribution < 1.29 is 9.53 Å². The highest BCUT2D eigenvalue weighted by molar-refractivity contribution is 5.77. The number of morpholine rings is 1. The number of ether oxygens (including phenoxy) is 1. The van der Waals surface area contributed by atoms with E-state index in [-0.39, 0.29) is 6.10 Å². The standard InChI is InChI=1S/C15H24N4O2/c20-15-4-1-7-18(15)8-3-6-17-10-11-21-14(12-17)13-19-9-2-5-16-19/h2,5,9,14H,1,3-4,6-8,10-13H2/t14-/m0/s1. The number of nitrogens with zero attached hydrogens (tertiary/aromatic N) is 4. The number of aromatic nitrogens is 2. The van der Waals surface area contributed by atoms with Crippen LogP contribution in [0.25, 0.3) is 0 Å². The smallest absolute Gasteiger partial charge is 0.222 e. The summed E-state index contributed by atoms with van der Waals surface area (Å²) in [5, 5.41) is 4.23. The molecule has 1 aromatic heterocycles. The number of likely N-dealkylation sites (tertiary alicyclic amines) is 1. The minimum atomic E-state index is 0.215. The first-order chi connectivity index (χ1) is 10.3. The lowest BCUT2D eigenvalue weighted by Gasteiger charge is -2.33. The molecule has 3 heterocycles. The molecule has 2 aliphatic rings. The lowest BCUT2D eigenvalue weighted by molar-refractivity contribution is -0.127. The van der Waals surface area contributed by atoms with E-state index in [4.69, 9.17) is 4.74 Å². The second-order valence-corrected chi connectivity index (χ2v) is 5.86. The summed E-state index contributed by atoms with van der Waals surface area (Å²) < 4.78 is 7.74. The first-order valence-electron chi connectivity index (χ1n) is 7.90. The van der Waals surface area contributed by atoms with Crippen LogP contribution >= 0.6 is 0 Å². The lowest BCUT2D eigenvalue weighted by Crippen LogP contribution is -2.45. The SMILES string of the molecule is O=C1CCCN1CCCN1CCO[C@H](Cn2cccn2)C1. The molecule has 1 amide bonds. The van der Waals surface area contributed by atoms with Gasteiger partial charge in [0.1, 0.15) is 0 Å². The van der Waals surface area contributed by atoms with Crippen LogP contribution in [0.5, 0.6) is 0 Å². The number of amides is 1. The second-order valence-electron chi connectivity index (χ2n) is 5.86. The van der Waals surface area contributed by atoms with E-state index in [1.54, 1.807) is 6.20 Å². The Bertz CT molecular complexity index is 449. The molecular weight excluding hydrogens is 268 g/mol. The van der Waals surface area contributed by atoms with Crippen LogP contribution in [0.2, 0.25) is 0 Å². The third-order valence-corrected chi connectivity index (χ3v) is 4.25. The van der Waals surface area contributed by atoms with Gasteiger partial charge in [-0.05, 0) is 18.9 Å². The van der Waals surface area contributed by atoms with E-state index in [2.05, 4.69) is 10.00 Å². The van der Waals surface area contributed by atoms with Crippen LogP contribution in [0.15, 0.2) is 18.5 Å². The van der Waals surface area contributed by atoms with Gasteiger partial charge in [-0.15, -0.1) is 0 Å². The summed E-state index contributed by atoms with van der Waals surface area (Å²) in [5.41, 5.74) is 0. The summed E-state index contributed by atoms with van der Waals surface area (Å²) in [4.78, 5) is 16.0. The highest BCUT2D eigenvalue weighted by Crippen LogP contribution is 2.11. The number of carbonyl (C=O) groups is 1. The average molecular weight is 292 g/mol. The minimum absolute atomic E-state index is 0.215. The predicted octanol–water partition coefficient (Wildman–Crippen LogP) is 0.596. The van der Waals surface area contributed by atoms with Crippen LogP contribution < -0.4 is 0 Å². The van der Waals surface area contributed by atoms with Gasteiger partial charge in [-0.25, -0.2) is 0 Å². The summed E-state index contributed by atoms with van der Waals surface area (Å²) in [5.74, 6) is 0.327. The molecule has 0 saturated carbocycles. The highest BCUT2D eigenvalue weighted by Gasteiger charge is 2.22. The van der Waals surface area contributed by atoms with Gasteiger partial charge in [-0.3, -0.25) is 14.4 Å². The third kappa shape index (κ3) is 4.04. The van der Waals surface area contributed by atoms with Gasteiger partial charge in [0.25, 0.3) is 0 Å². The first-order valence-corrected chi connectivity index (χ1v) is 7.90. The fourth-order valence-corrected chi connectivity index (χ4v) is 3.14. The molecule has 2 fully saturated rings. The number of hydrogen-bond acceptors (Lipinski definition) is 4. The van der Waals surface area contributed by atoms with Crippen LogP contribution in [0.4, 0.5) is 0 Å². The Kier molecular flexibility index (Phi) is 4.87. The van der Waals surface area contributed by atoms with E-state index >= 15 is 0 Å². The van der Waals surface area contributed by atoms with Crippen molar-refractivity contribution in [2.45, 2.75) is 31.9 Å². The molecule has 0 bridgehead atoms. The Balaban J connectivity index is 1.38. The normalized spacial score (nSPS) is 23.9. The summed E-state index contributed by atoms with van der Waals surface area (Å²) in [6, 6.07) is 1.94. The highest BCUT2D eigenvalue weighted by atomic mass is 16.5. The fraction of sp³-hybridized carbons (Fsp3) is 0.733. The maximum atomic E-state index is 11.6. The van der Waals surface area contributed by atoms with Gasteiger partial charge in [0.15, 0.2) is 0 Å². The Labute approximate surface area is 125 Å². The van der Waals surface area contributed by atoms with Crippen molar-refractivity contribution >= 4 is 5.91 Å². The number of carbonyl (C=O) groups excluding carboxylic acids is 1. The maximum absolute atomic E-state index is 11.6. The van der Waals surface area contributed by atoms with Crippen LogP contribution in [0.3, 0.4) is 0 Å². The monoisotopic (exact) mass is 292 g/mol. The molecule has 3 rings (SSSR count). The zero-order valence-corrected chi connectivity index (χ0v) is 12.5. The topological polar surface area (TPSA) is 50.6 Å². The molecule has 0 radical (unpaired) electrons. The molecule has 6 nitrogen and oxygen atoms in total. The van der Waals surface area contributed by atoms with Crippen molar-refractivity contribution in [3.63, 3.8) is 0 Å². The molecule has 21 heavy (non-hydrogen) atoms. The zero-order valence-electron chi connectivity index (χ0n) is 12.5. The van der Waals surface area contributed by atoms with Crippen LogP contribution in [0.1, 0.15) is 19.3 Å². The van der Waals surface area contributed by atoms with Gasteiger partial charge in [-0.1, -0.05) is 0 Å². The molecule has 6 heteroatoms. The molecule has 2 saturated heterocycles. The summed E-state index contributed by atoms with van der Waals surface area (Å²) in [6.45, 7) is 6.44. The van der Waals surface area contributed by atoms with Crippen molar-refractivity contribution in [2.75, 3.05) is 39.3 Å². The van der Waals surface area contributed by atoms with Gasteiger partial charge in [-0.2, -0.15) is 5.10 Å². The number of hydrogen-bond donors (Lipinski definition) is 0. The Morgan fingerprint density at radius 1 is 1.33 bits per heavy atom. The van der Waals surface area contributed by atoms with Crippen molar-refractivity contribution in [3.05, 3.63) is 18.5 Å². The van der Waals surface area contributed by atoms with Gasteiger partial charge < -0.3 is 9.64 Å². The van der Waals surface area contributed by atoms with Gasteiger partial charge in [0, 0.05) is 51.5 Å². The van der Waals surface area contributed by atoms with E-state index < -0.39 is 0 Å². The average Bonchev–Trinajstić information content (AvgIpc) is 3.12. The molecule has 0 aromatic carbocycles. The molecule has 1 atom stereocenters. The van der Waals surface area contributed by atoms with E-state index in [0.29, 0.717) is 5.91 Å². The molecular formula is C15H24N4O2. The molecule has 1 aromatic rings. The summed E-state index contributed by atoms with van der Waals surface area (Å²) in [6.07, 6.45) is 6.81. The molecule has 116 valence electrons. The van der Waals surface area contributed by atoms with Crippen LogP contribution in [-0.4, -0.2) is 70.9 Å². The third-order valence-electron chi connectivity index (χ3n) is 4.25. The van der Waals surface area contributed by atoms with Gasteiger partial charge >= 0.3 is 0 Å². The van der Waals surface area contributed by atoms with Crippen molar-refractivity contribution in [1.82, 2.24) is 19.6 Å². The lowest BCUT2D eigenvalue weighted by atomic mass is 10.2. The maximum Gasteiger partial charge on any atom is 0.222 e. The molecule has 0 unspecified atom stereocenters. The van der Waals surface area contributed by atoms with E-state index in [1.165, 1.54) is 0 Å². The van der Waals surface area contributed by atoms with E-state index in [9.17, 15) is 4.79 Å². The first kappa shape index (κ1) is 14.5. The van der Waals surface area contributed by atoms with Gasteiger partial charge in [0.05, 0.1) is 19.3 Å². The molecule has 0 spiro atoms. The molecule has 0 aliphatic carbocycles. The predicted molar refractivity (Wildman–Crippen MR) is 78.8 cm³/mol. The van der Waals surface area contributed by atoms with E-state index in [1.807, 2.05) is 21.8 Å². The fourth-order valence-electron chi connectivity index (χ4n) is 3.14. The second kappa shape index (κ2) is 7.04. The Hall–Kier alpha value is -1.40. The van der Waals surface area contributed by atoms with Crippen LogP contribution in [-0.2, 0) is 16.1 Å². The summed E-state index contributed by atoms with van der Waals surface area (Å²) in [7, 11) is 0. The van der Waals surface area contributed by atoms with E-state index in [0.717, 1.165) is 65.1 Å². The molecule has 0 N–H and O–H groups in total. The quantitative estimate of drug-likeness (QED) is 0.770. The summed E-state index contributed by atoms with van der Waals surface area (Å²) >= 11 is 0. The van der Waals surface area contributed by atoms with Gasteiger partial charge in [0.2, 0.25) is 5.91 Å². The van der Waals surface area contributed by atoms with Crippen molar-refractivity contribution in [2.24, 2.45) is 0 Å².